The monoisotopic (exact) mass is 542 g/mol. The van der Waals surface area contributed by atoms with Gasteiger partial charge in [-0.3, -0.25) is 4.70 Å². The summed E-state index contributed by atoms with van der Waals surface area (Å²) in [6.45, 7) is 11.0. The Morgan fingerprint density at radius 3 is 0.579 bits per heavy atom. The number of halogens is 1. The highest BCUT2D eigenvalue weighted by molar-refractivity contribution is 4.61. The Hall–Kier alpha value is -0.110. The minimum atomic E-state index is 0. The SMILES string of the molecule is CCCCCCCCCCCCN(CCCCCCCCCCCC)CCCCCCCCCCCC.F. The summed E-state index contributed by atoms with van der Waals surface area (Å²) in [5.74, 6) is 0. The molecule has 0 bridgehead atoms. The highest BCUT2D eigenvalue weighted by Gasteiger charge is 2.05. The van der Waals surface area contributed by atoms with Gasteiger partial charge in [0, 0.05) is 0 Å². The van der Waals surface area contributed by atoms with Gasteiger partial charge >= 0.3 is 0 Å². The second-order valence-electron chi connectivity index (χ2n) is 12.4. The molecular weight excluding hydrogens is 465 g/mol. The van der Waals surface area contributed by atoms with Crippen LogP contribution in [-0.2, 0) is 0 Å². The standard InChI is InChI=1S/C36H75N.FH/c1-4-7-10-13-16-19-22-25-28-31-34-37(35-32-29-26-23-20-17-14-11-8-5-2)36-33-30-27-24-21-18-15-12-9-6-3;/h4-36H2,1-3H3;1H. The predicted molar refractivity (Wildman–Crippen MR) is 174 cm³/mol. The van der Waals surface area contributed by atoms with E-state index in [-0.39, 0.29) is 4.70 Å². The van der Waals surface area contributed by atoms with E-state index < -0.39 is 0 Å². The molecule has 0 fully saturated rings. The summed E-state index contributed by atoms with van der Waals surface area (Å²) in [5.41, 5.74) is 0. The highest BCUT2D eigenvalue weighted by Crippen LogP contribution is 2.14. The van der Waals surface area contributed by atoms with Gasteiger partial charge in [-0.25, -0.2) is 0 Å². The summed E-state index contributed by atoms with van der Waals surface area (Å²) in [5, 5.41) is 0. The second kappa shape index (κ2) is 36.9. The quantitative estimate of drug-likeness (QED) is 0.0747. The van der Waals surface area contributed by atoms with E-state index in [4.69, 9.17) is 0 Å². The van der Waals surface area contributed by atoms with Crippen molar-refractivity contribution in [3.63, 3.8) is 0 Å². The van der Waals surface area contributed by atoms with E-state index in [1.165, 1.54) is 212 Å². The molecule has 0 spiro atoms. The molecule has 2 heteroatoms. The molecule has 0 aromatic heterocycles. The predicted octanol–water partition coefficient (Wildman–Crippen LogP) is 13.2. The molecule has 0 aromatic carbocycles. The minimum absolute atomic E-state index is 0. The molecule has 38 heavy (non-hydrogen) atoms. The van der Waals surface area contributed by atoms with Gasteiger partial charge in [-0.15, -0.1) is 0 Å². The smallest absolute Gasteiger partial charge is 0.00187 e. The Bertz CT molecular complexity index is 328. The average Bonchev–Trinajstić information content (AvgIpc) is 2.91. The summed E-state index contributed by atoms with van der Waals surface area (Å²) < 4.78 is 0. The Morgan fingerprint density at radius 2 is 0.395 bits per heavy atom. The Morgan fingerprint density at radius 1 is 0.237 bits per heavy atom. The third kappa shape index (κ3) is 33.9. The van der Waals surface area contributed by atoms with Crippen molar-refractivity contribution in [3.05, 3.63) is 0 Å². The second-order valence-corrected chi connectivity index (χ2v) is 12.4. The number of rotatable bonds is 33. The van der Waals surface area contributed by atoms with Gasteiger partial charge in [0.15, 0.2) is 0 Å². The average molecular weight is 542 g/mol. The van der Waals surface area contributed by atoms with Crippen LogP contribution in [0.2, 0.25) is 0 Å². The molecule has 0 aliphatic heterocycles. The maximum atomic E-state index is 2.85. The van der Waals surface area contributed by atoms with E-state index in [1.54, 1.807) is 0 Å². The van der Waals surface area contributed by atoms with Crippen LogP contribution in [0.3, 0.4) is 0 Å². The number of hydrogen-bond acceptors (Lipinski definition) is 1. The van der Waals surface area contributed by atoms with Crippen molar-refractivity contribution in [2.45, 2.75) is 213 Å². The van der Waals surface area contributed by atoms with Crippen molar-refractivity contribution in [3.8, 4) is 0 Å². The van der Waals surface area contributed by atoms with E-state index in [9.17, 15) is 0 Å². The van der Waals surface area contributed by atoms with Crippen LogP contribution in [-0.4, -0.2) is 24.5 Å². The molecule has 0 radical (unpaired) electrons. The van der Waals surface area contributed by atoms with Crippen LogP contribution < -0.4 is 0 Å². The third-order valence-electron chi connectivity index (χ3n) is 8.48. The fraction of sp³-hybridized carbons (Fsp3) is 1.00. The molecule has 232 valence electrons. The van der Waals surface area contributed by atoms with Gasteiger partial charge in [0.05, 0.1) is 0 Å². The van der Waals surface area contributed by atoms with E-state index in [0.717, 1.165) is 0 Å². The molecule has 0 amide bonds. The van der Waals surface area contributed by atoms with Crippen LogP contribution in [0, 0.1) is 0 Å². The lowest BCUT2D eigenvalue weighted by atomic mass is 10.1. The van der Waals surface area contributed by atoms with Gasteiger partial charge in [0.1, 0.15) is 0 Å². The van der Waals surface area contributed by atoms with Gasteiger partial charge in [0.2, 0.25) is 0 Å². The van der Waals surface area contributed by atoms with Crippen molar-refractivity contribution in [2.24, 2.45) is 0 Å². The summed E-state index contributed by atoms with van der Waals surface area (Å²) >= 11 is 0. The number of hydrogen-bond donors (Lipinski definition) is 0. The molecule has 0 atom stereocenters. The molecule has 0 saturated heterocycles. The van der Waals surface area contributed by atoms with Gasteiger partial charge in [-0.1, -0.05) is 194 Å². The van der Waals surface area contributed by atoms with E-state index in [1.807, 2.05) is 0 Å². The first kappa shape index (κ1) is 40.0. The first-order chi connectivity index (χ1) is 18.3. The lowest BCUT2D eigenvalue weighted by Crippen LogP contribution is -2.27. The fourth-order valence-corrected chi connectivity index (χ4v) is 5.80. The summed E-state index contributed by atoms with van der Waals surface area (Å²) in [6.07, 6.45) is 43.6. The van der Waals surface area contributed by atoms with Crippen molar-refractivity contribution >= 4 is 0 Å². The van der Waals surface area contributed by atoms with E-state index in [0.29, 0.717) is 0 Å². The zero-order valence-corrected chi connectivity index (χ0v) is 27.2. The molecule has 0 aliphatic rings. The molecule has 0 saturated carbocycles. The molecule has 1 nitrogen and oxygen atoms in total. The molecular formula is C36H76FN. The molecule has 0 heterocycles. The lowest BCUT2D eigenvalue weighted by molar-refractivity contribution is 0.254. The zero-order chi connectivity index (χ0) is 26.9. The van der Waals surface area contributed by atoms with Crippen molar-refractivity contribution in [2.75, 3.05) is 19.6 Å². The third-order valence-corrected chi connectivity index (χ3v) is 8.48. The van der Waals surface area contributed by atoms with E-state index >= 15 is 0 Å². The molecule has 0 rings (SSSR count). The first-order valence-electron chi connectivity index (χ1n) is 18.1. The van der Waals surface area contributed by atoms with Crippen LogP contribution in [0.25, 0.3) is 0 Å². The Labute approximate surface area is 242 Å². The van der Waals surface area contributed by atoms with Crippen LogP contribution in [0.1, 0.15) is 213 Å². The Kier molecular flexibility index (Phi) is 38.9. The summed E-state index contributed by atoms with van der Waals surface area (Å²) in [6, 6.07) is 0. The maximum absolute atomic E-state index is 2.85. The lowest BCUT2D eigenvalue weighted by Gasteiger charge is -2.22. The number of nitrogens with zero attached hydrogens (tertiary/aromatic N) is 1. The van der Waals surface area contributed by atoms with E-state index in [2.05, 4.69) is 25.7 Å². The fourth-order valence-electron chi connectivity index (χ4n) is 5.80. The Balaban J connectivity index is 0. The van der Waals surface area contributed by atoms with Gasteiger partial charge < -0.3 is 4.90 Å². The number of unbranched alkanes of at least 4 members (excludes halogenated alkanes) is 27. The first-order valence-corrected chi connectivity index (χ1v) is 18.1. The summed E-state index contributed by atoms with van der Waals surface area (Å²) in [7, 11) is 0. The van der Waals surface area contributed by atoms with Gasteiger partial charge in [-0.2, -0.15) is 0 Å². The topological polar surface area (TPSA) is 3.24 Å². The van der Waals surface area contributed by atoms with Gasteiger partial charge in [0.25, 0.3) is 0 Å². The van der Waals surface area contributed by atoms with Crippen molar-refractivity contribution in [1.82, 2.24) is 4.90 Å². The van der Waals surface area contributed by atoms with Gasteiger partial charge in [-0.05, 0) is 38.9 Å². The van der Waals surface area contributed by atoms with Crippen LogP contribution in [0.5, 0.6) is 0 Å². The van der Waals surface area contributed by atoms with Crippen molar-refractivity contribution < 1.29 is 4.70 Å². The zero-order valence-electron chi connectivity index (χ0n) is 27.2. The highest BCUT2D eigenvalue weighted by atomic mass is 19.0. The van der Waals surface area contributed by atoms with Crippen LogP contribution in [0.4, 0.5) is 4.70 Å². The van der Waals surface area contributed by atoms with Crippen LogP contribution >= 0.6 is 0 Å². The van der Waals surface area contributed by atoms with Crippen LogP contribution in [0.15, 0.2) is 0 Å². The maximum Gasteiger partial charge on any atom is -0.00187 e. The minimum Gasteiger partial charge on any atom is -0.303 e. The molecule has 0 unspecified atom stereocenters. The van der Waals surface area contributed by atoms with Crippen molar-refractivity contribution in [1.29, 1.82) is 0 Å². The molecule has 0 aliphatic carbocycles. The molecule has 0 aromatic rings. The molecule has 0 N–H and O–H groups in total. The summed E-state index contributed by atoms with van der Waals surface area (Å²) in [4.78, 5) is 2.85. The normalized spacial score (nSPS) is 11.4. The largest absolute Gasteiger partial charge is 0.303 e.